The summed E-state index contributed by atoms with van der Waals surface area (Å²) in [5.41, 5.74) is 4.14. The van der Waals surface area contributed by atoms with Gasteiger partial charge in [-0.3, -0.25) is 9.48 Å². The highest BCUT2D eigenvalue weighted by Gasteiger charge is 2.31. The third kappa shape index (κ3) is 3.92. The van der Waals surface area contributed by atoms with Crippen LogP contribution in [0.3, 0.4) is 0 Å². The molecule has 0 N–H and O–H groups in total. The fourth-order valence-corrected chi connectivity index (χ4v) is 2.98. The van der Waals surface area contributed by atoms with Crippen LogP contribution in [-0.2, 0) is 18.4 Å². The molecule has 0 bridgehead atoms. The van der Waals surface area contributed by atoms with Gasteiger partial charge in [0, 0.05) is 37.0 Å². The fourth-order valence-electron chi connectivity index (χ4n) is 2.98. The Hall–Kier alpha value is -2.56. The first-order chi connectivity index (χ1) is 12.0. The molecule has 0 atom stereocenters. The number of carbonyl (C=O) groups excluding carboxylic acids is 1. The second-order valence-electron chi connectivity index (χ2n) is 6.59. The molecule has 0 saturated heterocycles. The summed E-state index contributed by atoms with van der Waals surface area (Å²) in [6.45, 7) is 4.61. The maximum Gasteiger partial charge on any atom is 0.247 e. The lowest BCUT2D eigenvalue weighted by atomic mass is 10.1. The summed E-state index contributed by atoms with van der Waals surface area (Å²) in [5, 5.41) is 4.39. The van der Waals surface area contributed by atoms with Crippen molar-refractivity contribution in [1.29, 1.82) is 0 Å². The molecule has 5 nitrogen and oxygen atoms in total. The van der Waals surface area contributed by atoms with E-state index in [1.807, 2.05) is 60.8 Å². The molecule has 1 heterocycles. The van der Waals surface area contributed by atoms with Crippen LogP contribution in [-0.4, -0.2) is 33.7 Å². The molecule has 1 aliphatic carbocycles. The molecule has 25 heavy (non-hydrogen) atoms. The van der Waals surface area contributed by atoms with Crippen molar-refractivity contribution in [3.05, 3.63) is 52.9 Å². The number of hydrogen-bond donors (Lipinski definition) is 0. The lowest BCUT2D eigenvalue weighted by Crippen LogP contribution is -2.31. The van der Waals surface area contributed by atoms with E-state index in [1.54, 1.807) is 13.2 Å². The summed E-state index contributed by atoms with van der Waals surface area (Å²) in [6.07, 6.45) is 5.74. The minimum absolute atomic E-state index is 0.0565. The van der Waals surface area contributed by atoms with Gasteiger partial charge < -0.3 is 9.64 Å². The number of benzene rings is 1. The first kappa shape index (κ1) is 17.3. The second-order valence-corrected chi connectivity index (χ2v) is 6.59. The summed E-state index contributed by atoms with van der Waals surface area (Å²) in [4.78, 5) is 14.7. The van der Waals surface area contributed by atoms with Crippen molar-refractivity contribution in [2.45, 2.75) is 39.3 Å². The summed E-state index contributed by atoms with van der Waals surface area (Å²) in [7, 11) is 3.57. The number of nitrogens with zero attached hydrogens (tertiary/aromatic N) is 3. The molecule has 0 spiro atoms. The Labute approximate surface area is 148 Å². The van der Waals surface area contributed by atoms with Crippen LogP contribution >= 0.6 is 0 Å². The van der Waals surface area contributed by atoms with E-state index in [0.717, 1.165) is 41.1 Å². The van der Waals surface area contributed by atoms with Crippen LogP contribution in [0.15, 0.2) is 30.3 Å². The molecule has 1 aromatic heterocycles. The summed E-state index contributed by atoms with van der Waals surface area (Å²) in [5.74, 6) is 0.886. The van der Waals surface area contributed by atoms with Gasteiger partial charge in [-0.1, -0.05) is 12.1 Å². The zero-order chi connectivity index (χ0) is 18.0. The van der Waals surface area contributed by atoms with E-state index < -0.39 is 0 Å². The number of hydrogen-bond acceptors (Lipinski definition) is 3. The zero-order valence-electron chi connectivity index (χ0n) is 15.3. The van der Waals surface area contributed by atoms with E-state index in [1.165, 1.54) is 0 Å². The van der Waals surface area contributed by atoms with Gasteiger partial charge in [-0.25, -0.2) is 0 Å². The van der Waals surface area contributed by atoms with Gasteiger partial charge in [0.1, 0.15) is 5.75 Å². The standard InChI is InChI=1S/C20H25N3O2/c1-14-19(15(2)22(3)21-14)11-12-20(24)23(17-7-8-17)13-16-5-9-18(25-4)10-6-16/h5-6,9-12,17H,7-8,13H2,1-4H3/b12-11+. The highest BCUT2D eigenvalue weighted by Crippen LogP contribution is 2.29. The van der Waals surface area contributed by atoms with Crippen molar-refractivity contribution >= 4 is 12.0 Å². The molecule has 1 fully saturated rings. The second kappa shape index (κ2) is 7.13. The number of aromatic nitrogens is 2. The molecule has 1 aliphatic rings. The normalized spacial score (nSPS) is 14.1. The van der Waals surface area contributed by atoms with E-state index >= 15 is 0 Å². The van der Waals surface area contributed by atoms with Crippen molar-refractivity contribution in [3.8, 4) is 5.75 Å². The molecule has 5 heteroatoms. The molecule has 0 aliphatic heterocycles. The van der Waals surface area contributed by atoms with Crippen LogP contribution in [0.25, 0.3) is 6.08 Å². The van der Waals surface area contributed by atoms with E-state index in [2.05, 4.69) is 5.10 Å². The number of carbonyl (C=O) groups is 1. The van der Waals surface area contributed by atoms with E-state index in [4.69, 9.17) is 4.74 Å². The van der Waals surface area contributed by atoms with Gasteiger partial charge in [0.05, 0.1) is 12.8 Å². The minimum atomic E-state index is 0.0565. The molecule has 1 saturated carbocycles. The van der Waals surface area contributed by atoms with Crippen molar-refractivity contribution < 1.29 is 9.53 Å². The number of ether oxygens (including phenoxy) is 1. The quantitative estimate of drug-likeness (QED) is 0.759. The van der Waals surface area contributed by atoms with Crippen LogP contribution in [0.4, 0.5) is 0 Å². The first-order valence-electron chi connectivity index (χ1n) is 8.61. The Morgan fingerprint density at radius 3 is 2.52 bits per heavy atom. The third-order valence-electron chi connectivity index (χ3n) is 4.74. The Bertz CT molecular complexity index is 786. The molecular formula is C20H25N3O2. The predicted octanol–water partition coefficient (Wildman–Crippen LogP) is 3.25. The van der Waals surface area contributed by atoms with Gasteiger partial charge in [-0.05, 0) is 50.5 Å². The summed E-state index contributed by atoms with van der Waals surface area (Å²) < 4.78 is 7.04. The number of aryl methyl sites for hydroxylation is 2. The molecule has 1 amide bonds. The number of rotatable bonds is 6. The maximum atomic E-state index is 12.7. The average molecular weight is 339 g/mol. The van der Waals surface area contributed by atoms with E-state index in [9.17, 15) is 4.79 Å². The van der Waals surface area contributed by atoms with Crippen LogP contribution < -0.4 is 4.74 Å². The van der Waals surface area contributed by atoms with Gasteiger partial charge in [0.2, 0.25) is 5.91 Å². The highest BCUT2D eigenvalue weighted by molar-refractivity contribution is 5.92. The van der Waals surface area contributed by atoms with Crippen molar-refractivity contribution in [2.24, 2.45) is 7.05 Å². The third-order valence-corrected chi connectivity index (χ3v) is 4.74. The molecule has 3 rings (SSSR count). The van der Waals surface area contributed by atoms with Crippen LogP contribution in [0.5, 0.6) is 5.75 Å². The zero-order valence-corrected chi connectivity index (χ0v) is 15.3. The molecule has 1 aromatic carbocycles. The summed E-state index contributed by atoms with van der Waals surface area (Å²) in [6, 6.07) is 8.25. The maximum absolute atomic E-state index is 12.7. The topological polar surface area (TPSA) is 47.4 Å². The predicted molar refractivity (Wildman–Crippen MR) is 98.3 cm³/mol. The van der Waals surface area contributed by atoms with Crippen molar-refractivity contribution in [3.63, 3.8) is 0 Å². The summed E-state index contributed by atoms with van der Waals surface area (Å²) >= 11 is 0. The van der Waals surface area contributed by atoms with Gasteiger partial charge in [-0.2, -0.15) is 5.10 Å². The van der Waals surface area contributed by atoms with E-state index in [-0.39, 0.29) is 5.91 Å². The minimum Gasteiger partial charge on any atom is -0.497 e. The molecule has 0 unspecified atom stereocenters. The molecule has 0 radical (unpaired) electrons. The monoisotopic (exact) mass is 339 g/mol. The Morgan fingerprint density at radius 1 is 1.32 bits per heavy atom. The number of methoxy groups -OCH3 is 1. The SMILES string of the molecule is COc1ccc(CN(C(=O)/C=C/c2c(C)nn(C)c2C)C2CC2)cc1. The number of amides is 1. The van der Waals surface area contributed by atoms with Gasteiger partial charge in [-0.15, -0.1) is 0 Å². The molecule has 2 aromatic rings. The first-order valence-corrected chi connectivity index (χ1v) is 8.61. The lowest BCUT2D eigenvalue weighted by molar-refractivity contribution is -0.127. The Balaban J connectivity index is 1.73. The largest absolute Gasteiger partial charge is 0.497 e. The smallest absolute Gasteiger partial charge is 0.247 e. The van der Waals surface area contributed by atoms with Gasteiger partial charge in [0.25, 0.3) is 0 Å². The van der Waals surface area contributed by atoms with Crippen LogP contribution in [0, 0.1) is 13.8 Å². The average Bonchev–Trinajstić information content (AvgIpc) is 3.41. The van der Waals surface area contributed by atoms with Crippen LogP contribution in [0.2, 0.25) is 0 Å². The lowest BCUT2D eigenvalue weighted by Gasteiger charge is -2.21. The van der Waals surface area contributed by atoms with Crippen LogP contribution in [0.1, 0.15) is 35.4 Å². The highest BCUT2D eigenvalue weighted by atomic mass is 16.5. The molecular weight excluding hydrogens is 314 g/mol. The van der Waals surface area contributed by atoms with Gasteiger partial charge >= 0.3 is 0 Å². The van der Waals surface area contributed by atoms with E-state index in [0.29, 0.717) is 12.6 Å². The Kier molecular flexibility index (Phi) is 4.93. The van der Waals surface area contributed by atoms with Crippen molar-refractivity contribution in [1.82, 2.24) is 14.7 Å². The Morgan fingerprint density at radius 2 is 2.00 bits per heavy atom. The fraction of sp³-hybridized carbons (Fsp3) is 0.400. The molecule has 132 valence electrons. The van der Waals surface area contributed by atoms with Gasteiger partial charge in [0.15, 0.2) is 0 Å². The van der Waals surface area contributed by atoms with Crippen molar-refractivity contribution in [2.75, 3.05) is 7.11 Å².